The van der Waals surface area contributed by atoms with E-state index >= 15 is 0 Å². The number of carbonyl (C=O) groups excluding carboxylic acids is 3. The molecule has 0 bridgehead atoms. The van der Waals surface area contributed by atoms with Crippen LogP contribution in [0.25, 0.3) is 0 Å². The Balaban J connectivity index is 3.02. The van der Waals surface area contributed by atoms with Crippen LogP contribution in [-0.2, 0) is 25.6 Å². The highest BCUT2D eigenvalue weighted by molar-refractivity contribution is 5.94. The number of carbonyl (C=O) groups is 4. The number of aliphatic carboxylic acids is 1. The van der Waals surface area contributed by atoms with Crippen LogP contribution >= 0.6 is 0 Å². The van der Waals surface area contributed by atoms with Crippen LogP contribution in [0.4, 0.5) is 0 Å². The van der Waals surface area contributed by atoms with Gasteiger partial charge in [-0.15, -0.1) is 0 Å². The number of hydrogen-bond acceptors (Lipinski definition) is 7. The van der Waals surface area contributed by atoms with Crippen molar-refractivity contribution in [2.45, 2.75) is 76.7 Å². The van der Waals surface area contributed by atoms with E-state index in [1.165, 1.54) is 6.92 Å². The Morgan fingerprint density at radius 1 is 0.886 bits per heavy atom. The van der Waals surface area contributed by atoms with Crippen molar-refractivity contribution in [2.75, 3.05) is 6.54 Å². The summed E-state index contributed by atoms with van der Waals surface area (Å²) in [6, 6.07) is 4.30. The first-order valence-corrected chi connectivity index (χ1v) is 11.8. The van der Waals surface area contributed by atoms with E-state index in [4.69, 9.17) is 11.5 Å². The van der Waals surface area contributed by atoms with E-state index in [1.54, 1.807) is 44.2 Å². The summed E-state index contributed by atoms with van der Waals surface area (Å²) in [7, 11) is 0. The van der Waals surface area contributed by atoms with Gasteiger partial charge in [0.05, 0.1) is 12.1 Å². The summed E-state index contributed by atoms with van der Waals surface area (Å²) in [4.78, 5) is 50.0. The van der Waals surface area contributed by atoms with Gasteiger partial charge < -0.3 is 37.6 Å². The topological polar surface area (TPSA) is 197 Å². The lowest BCUT2D eigenvalue weighted by atomic mass is 10.0. The first kappa shape index (κ1) is 30.0. The lowest BCUT2D eigenvalue weighted by Crippen LogP contribution is -2.60. The minimum atomic E-state index is -1.37. The second kappa shape index (κ2) is 15.1. The van der Waals surface area contributed by atoms with Crippen molar-refractivity contribution >= 4 is 23.7 Å². The van der Waals surface area contributed by atoms with Crippen LogP contribution in [0.5, 0.6) is 0 Å². The van der Waals surface area contributed by atoms with Gasteiger partial charge in [-0.1, -0.05) is 50.6 Å². The molecule has 11 nitrogen and oxygen atoms in total. The molecule has 0 spiro atoms. The fourth-order valence-electron chi connectivity index (χ4n) is 3.39. The van der Waals surface area contributed by atoms with Gasteiger partial charge in [-0.05, 0) is 37.8 Å². The van der Waals surface area contributed by atoms with E-state index in [2.05, 4.69) is 16.0 Å². The molecule has 0 aromatic heterocycles. The molecular weight excluding hydrogens is 454 g/mol. The lowest BCUT2D eigenvalue weighted by Gasteiger charge is -2.27. The SMILES string of the molecule is CC(C)C(NC(=O)C(Cc1ccccc1)NC(=O)C(NC(=O)C(N)CCCCN)C(C)O)C(=O)O. The normalized spacial score (nSPS) is 15.4. The molecule has 11 heteroatoms. The Kier molecular flexibility index (Phi) is 12.9. The molecule has 3 amide bonds. The fraction of sp³-hybridized carbons (Fsp3) is 0.583. The Morgan fingerprint density at radius 2 is 1.49 bits per heavy atom. The van der Waals surface area contributed by atoms with Gasteiger partial charge in [-0.2, -0.15) is 0 Å². The molecule has 5 atom stereocenters. The molecule has 0 saturated carbocycles. The summed E-state index contributed by atoms with van der Waals surface area (Å²) >= 11 is 0. The van der Waals surface area contributed by atoms with Crippen molar-refractivity contribution in [1.29, 1.82) is 0 Å². The molecule has 9 N–H and O–H groups in total. The molecule has 0 aliphatic heterocycles. The molecule has 196 valence electrons. The zero-order valence-electron chi connectivity index (χ0n) is 20.6. The molecule has 5 unspecified atom stereocenters. The minimum Gasteiger partial charge on any atom is -0.480 e. The largest absolute Gasteiger partial charge is 0.480 e. The van der Waals surface area contributed by atoms with Crippen LogP contribution in [0, 0.1) is 5.92 Å². The Morgan fingerprint density at radius 3 is 2.00 bits per heavy atom. The van der Waals surface area contributed by atoms with E-state index in [1.807, 2.05) is 0 Å². The van der Waals surface area contributed by atoms with Crippen molar-refractivity contribution < 1.29 is 29.4 Å². The molecule has 35 heavy (non-hydrogen) atoms. The summed E-state index contributed by atoms with van der Waals surface area (Å²) in [6.07, 6.45) is 0.490. The van der Waals surface area contributed by atoms with Gasteiger partial charge in [0.15, 0.2) is 0 Å². The first-order chi connectivity index (χ1) is 16.5. The van der Waals surface area contributed by atoms with Gasteiger partial charge in [0, 0.05) is 6.42 Å². The first-order valence-electron chi connectivity index (χ1n) is 11.8. The third kappa shape index (κ3) is 10.4. The van der Waals surface area contributed by atoms with E-state index in [0.29, 0.717) is 25.8 Å². The average Bonchev–Trinajstić information content (AvgIpc) is 2.80. The lowest BCUT2D eigenvalue weighted by molar-refractivity contribution is -0.143. The van der Waals surface area contributed by atoms with Crippen LogP contribution in [0.1, 0.15) is 45.6 Å². The molecule has 0 fully saturated rings. The summed E-state index contributed by atoms with van der Waals surface area (Å²) in [5.41, 5.74) is 12.1. The van der Waals surface area contributed by atoms with E-state index in [9.17, 15) is 29.4 Å². The van der Waals surface area contributed by atoms with Gasteiger partial charge in [0.25, 0.3) is 0 Å². The van der Waals surface area contributed by atoms with Crippen molar-refractivity contribution in [2.24, 2.45) is 17.4 Å². The van der Waals surface area contributed by atoms with E-state index < -0.39 is 59.9 Å². The highest BCUT2D eigenvalue weighted by Gasteiger charge is 2.33. The molecule has 1 rings (SSSR count). The number of hydrogen-bond donors (Lipinski definition) is 7. The Hall–Kier alpha value is -3.02. The van der Waals surface area contributed by atoms with Crippen molar-refractivity contribution in [3.8, 4) is 0 Å². The number of nitrogens with two attached hydrogens (primary N) is 2. The Labute approximate surface area is 206 Å². The fourth-order valence-corrected chi connectivity index (χ4v) is 3.39. The monoisotopic (exact) mass is 493 g/mol. The maximum atomic E-state index is 13.0. The van der Waals surface area contributed by atoms with Gasteiger partial charge >= 0.3 is 5.97 Å². The van der Waals surface area contributed by atoms with E-state index in [-0.39, 0.29) is 6.42 Å². The zero-order chi connectivity index (χ0) is 26.5. The summed E-state index contributed by atoms with van der Waals surface area (Å²) in [6.45, 7) is 5.10. The second-order valence-electron chi connectivity index (χ2n) is 8.94. The number of unbranched alkanes of at least 4 members (excludes halogenated alkanes) is 1. The quantitative estimate of drug-likeness (QED) is 0.155. The highest BCUT2D eigenvalue weighted by atomic mass is 16.4. The number of rotatable bonds is 15. The van der Waals surface area contributed by atoms with Crippen molar-refractivity contribution in [3.05, 3.63) is 35.9 Å². The van der Waals surface area contributed by atoms with Crippen molar-refractivity contribution in [3.63, 3.8) is 0 Å². The third-order valence-corrected chi connectivity index (χ3v) is 5.51. The number of aliphatic hydroxyl groups is 1. The molecule has 0 radical (unpaired) electrons. The number of carboxylic acid groups (broad SMARTS) is 1. The smallest absolute Gasteiger partial charge is 0.326 e. The summed E-state index contributed by atoms with van der Waals surface area (Å²) in [5.74, 6) is -3.70. The van der Waals surface area contributed by atoms with Gasteiger partial charge in [-0.3, -0.25) is 14.4 Å². The molecule has 1 aromatic carbocycles. The van der Waals surface area contributed by atoms with Crippen LogP contribution in [0.2, 0.25) is 0 Å². The average molecular weight is 494 g/mol. The molecule has 0 heterocycles. The maximum Gasteiger partial charge on any atom is 0.326 e. The standard InChI is InChI=1S/C24H39N5O6/c1-14(2)19(24(34)35)28-22(32)18(13-16-9-5-4-6-10-16)27-23(33)20(15(3)30)29-21(31)17(26)11-7-8-12-25/h4-6,9-10,14-15,17-20,30H,7-8,11-13,25-26H2,1-3H3,(H,27,33)(H,28,32)(H,29,31)(H,34,35). The molecule has 0 saturated heterocycles. The van der Waals surface area contributed by atoms with Crippen LogP contribution in [0.15, 0.2) is 30.3 Å². The van der Waals surface area contributed by atoms with Gasteiger partial charge in [0.2, 0.25) is 17.7 Å². The molecule has 0 aliphatic rings. The third-order valence-electron chi connectivity index (χ3n) is 5.51. The summed E-state index contributed by atoms with van der Waals surface area (Å²) < 4.78 is 0. The number of aliphatic hydroxyl groups excluding tert-OH is 1. The number of carboxylic acids is 1. The molecule has 1 aromatic rings. The number of amides is 3. The van der Waals surface area contributed by atoms with Crippen LogP contribution < -0.4 is 27.4 Å². The second-order valence-corrected chi connectivity index (χ2v) is 8.94. The highest BCUT2D eigenvalue weighted by Crippen LogP contribution is 2.08. The zero-order valence-corrected chi connectivity index (χ0v) is 20.6. The number of benzene rings is 1. The predicted octanol–water partition coefficient (Wildman–Crippen LogP) is -0.739. The predicted molar refractivity (Wildman–Crippen MR) is 131 cm³/mol. The van der Waals surface area contributed by atoms with Gasteiger partial charge in [0.1, 0.15) is 18.1 Å². The van der Waals surface area contributed by atoms with Crippen LogP contribution in [-0.4, -0.2) is 70.7 Å². The molecule has 0 aliphatic carbocycles. The van der Waals surface area contributed by atoms with E-state index in [0.717, 1.165) is 5.56 Å². The van der Waals surface area contributed by atoms with Crippen molar-refractivity contribution in [1.82, 2.24) is 16.0 Å². The summed E-state index contributed by atoms with van der Waals surface area (Å²) in [5, 5.41) is 27.0. The number of nitrogens with one attached hydrogen (secondary N) is 3. The maximum absolute atomic E-state index is 13.0. The van der Waals surface area contributed by atoms with Crippen LogP contribution in [0.3, 0.4) is 0 Å². The Bertz CT molecular complexity index is 833. The molecular formula is C24H39N5O6. The van der Waals surface area contributed by atoms with Gasteiger partial charge in [-0.25, -0.2) is 4.79 Å². The minimum absolute atomic E-state index is 0.0714.